The lowest BCUT2D eigenvalue weighted by molar-refractivity contribution is 0.104. The van der Waals surface area contributed by atoms with Crippen LogP contribution < -0.4 is 5.56 Å². The van der Waals surface area contributed by atoms with Gasteiger partial charge in [-0.2, -0.15) is 0 Å². The van der Waals surface area contributed by atoms with Crippen molar-refractivity contribution in [3.8, 4) is 0 Å². The zero-order chi connectivity index (χ0) is 20.0. The van der Waals surface area contributed by atoms with Crippen LogP contribution in [0.25, 0.3) is 27.4 Å². The fraction of sp³-hybridized carbons (Fsp3) is 0.167. The Kier molecular flexibility index (Phi) is 4.36. The van der Waals surface area contributed by atoms with Crippen molar-refractivity contribution in [3.05, 3.63) is 86.8 Å². The van der Waals surface area contributed by atoms with Gasteiger partial charge >= 0.3 is 0 Å². The van der Waals surface area contributed by atoms with Crippen LogP contribution in [0.2, 0.25) is 5.02 Å². The van der Waals surface area contributed by atoms with Gasteiger partial charge in [0.15, 0.2) is 5.78 Å². The minimum atomic E-state index is -0.216. The molecule has 1 aliphatic rings. The Morgan fingerprint density at radius 1 is 0.966 bits per heavy atom. The van der Waals surface area contributed by atoms with Gasteiger partial charge in [0.25, 0.3) is 5.56 Å². The fourth-order valence-corrected chi connectivity index (χ4v) is 4.34. The highest BCUT2D eigenvalue weighted by molar-refractivity contribution is 6.31. The maximum Gasteiger partial charge on any atom is 0.272 e. The van der Waals surface area contributed by atoms with Crippen LogP contribution in [0.15, 0.2) is 59.4 Å². The number of H-pyrrole nitrogens is 2. The number of para-hydroxylation sites is 1. The van der Waals surface area contributed by atoms with E-state index in [1.54, 1.807) is 24.3 Å². The fourth-order valence-electron chi connectivity index (χ4n) is 4.21. The number of pyridine rings is 1. The lowest BCUT2D eigenvalue weighted by Crippen LogP contribution is -2.07. The molecule has 0 radical (unpaired) electrons. The summed E-state index contributed by atoms with van der Waals surface area (Å²) < 4.78 is 0. The summed E-state index contributed by atoms with van der Waals surface area (Å²) in [5.41, 5.74) is 3.94. The molecule has 0 amide bonds. The molecule has 2 aromatic heterocycles. The summed E-state index contributed by atoms with van der Waals surface area (Å²) in [4.78, 5) is 32.7. The molecular weight excluding hydrogens is 384 g/mol. The summed E-state index contributed by atoms with van der Waals surface area (Å²) in [6.07, 6.45) is 6.28. The van der Waals surface area contributed by atoms with Gasteiger partial charge in [-0.05, 0) is 61.6 Å². The van der Waals surface area contributed by atoms with E-state index in [1.807, 2.05) is 24.3 Å². The molecule has 0 atom stereocenters. The van der Waals surface area contributed by atoms with E-state index in [4.69, 9.17) is 11.6 Å². The summed E-state index contributed by atoms with van der Waals surface area (Å²) >= 11 is 6.02. The topological polar surface area (TPSA) is 65.7 Å². The number of carbonyl (C=O) groups excluding carboxylic acids is 1. The Hall–Kier alpha value is -3.11. The highest BCUT2D eigenvalue weighted by atomic mass is 35.5. The van der Waals surface area contributed by atoms with Gasteiger partial charge in [-0.15, -0.1) is 0 Å². The minimum Gasteiger partial charge on any atom is -0.350 e. The van der Waals surface area contributed by atoms with Gasteiger partial charge in [0.2, 0.25) is 0 Å². The molecule has 2 aromatic carbocycles. The van der Waals surface area contributed by atoms with Gasteiger partial charge in [-0.1, -0.05) is 35.9 Å². The molecular formula is C24H19ClN2O2. The Bertz CT molecular complexity index is 1340. The molecule has 2 heterocycles. The van der Waals surface area contributed by atoms with E-state index in [0.717, 1.165) is 47.9 Å². The standard InChI is InChI=1S/C24H19ClN2O2/c25-16-12-10-15(11-13-16)23(28)20-19-17-8-4-5-9-18(17)26-24(29)22(19)27-21(20)14-6-2-1-3-7-14/h4-6,8-13,27H,1-3,7H2,(H,26,29). The van der Waals surface area contributed by atoms with Gasteiger partial charge in [-0.3, -0.25) is 9.59 Å². The molecule has 5 heteroatoms. The molecule has 29 heavy (non-hydrogen) atoms. The molecule has 2 N–H and O–H groups in total. The van der Waals surface area contributed by atoms with Crippen molar-refractivity contribution < 1.29 is 4.79 Å². The van der Waals surface area contributed by atoms with E-state index in [9.17, 15) is 9.59 Å². The summed E-state index contributed by atoms with van der Waals surface area (Å²) in [6.45, 7) is 0. The van der Waals surface area contributed by atoms with Crippen LogP contribution in [0.3, 0.4) is 0 Å². The van der Waals surface area contributed by atoms with E-state index < -0.39 is 0 Å². The van der Waals surface area contributed by atoms with Gasteiger partial charge in [-0.25, -0.2) is 0 Å². The number of carbonyl (C=O) groups is 1. The summed E-state index contributed by atoms with van der Waals surface area (Å²) in [6, 6.07) is 14.5. The van der Waals surface area contributed by atoms with E-state index in [0.29, 0.717) is 27.1 Å². The number of aromatic nitrogens is 2. The SMILES string of the molecule is O=C(c1ccc(Cl)cc1)c1c(C2=CCCCC2)[nH]c2c(=O)[nH]c3ccccc3c12. The maximum absolute atomic E-state index is 13.6. The van der Waals surface area contributed by atoms with E-state index >= 15 is 0 Å². The molecule has 4 nitrogen and oxygen atoms in total. The van der Waals surface area contributed by atoms with Crippen molar-refractivity contribution >= 4 is 44.8 Å². The first-order valence-electron chi connectivity index (χ1n) is 9.80. The molecule has 0 spiro atoms. The molecule has 0 aliphatic heterocycles. The van der Waals surface area contributed by atoms with Crippen molar-refractivity contribution in [1.29, 1.82) is 0 Å². The van der Waals surface area contributed by atoms with Crippen molar-refractivity contribution in [3.63, 3.8) is 0 Å². The predicted octanol–water partition coefficient (Wildman–Crippen LogP) is 5.85. The van der Waals surface area contributed by atoms with Crippen LogP contribution >= 0.6 is 11.6 Å². The Morgan fingerprint density at radius 3 is 2.52 bits per heavy atom. The molecule has 0 fully saturated rings. The number of hydrogen-bond acceptors (Lipinski definition) is 2. The largest absolute Gasteiger partial charge is 0.350 e. The Balaban J connectivity index is 1.87. The number of aromatic amines is 2. The van der Waals surface area contributed by atoms with Gasteiger partial charge in [0.05, 0.1) is 11.3 Å². The smallest absolute Gasteiger partial charge is 0.272 e. The third-order valence-corrected chi connectivity index (χ3v) is 5.87. The third kappa shape index (κ3) is 3.00. The number of allylic oxidation sites excluding steroid dienone is 2. The lowest BCUT2D eigenvalue weighted by Gasteiger charge is -2.13. The average molecular weight is 403 g/mol. The molecule has 5 rings (SSSR count). The Morgan fingerprint density at radius 2 is 1.76 bits per heavy atom. The van der Waals surface area contributed by atoms with Crippen molar-refractivity contribution in [2.75, 3.05) is 0 Å². The number of hydrogen-bond donors (Lipinski definition) is 2. The first kappa shape index (κ1) is 18.0. The molecule has 0 saturated carbocycles. The van der Waals surface area contributed by atoms with Gasteiger partial charge in [0.1, 0.15) is 5.52 Å². The first-order valence-corrected chi connectivity index (χ1v) is 10.2. The first-order chi connectivity index (χ1) is 14.1. The zero-order valence-electron chi connectivity index (χ0n) is 15.7. The molecule has 0 bridgehead atoms. The highest BCUT2D eigenvalue weighted by Gasteiger charge is 2.25. The summed E-state index contributed by atoms with van der Waals surface area (Å²) in [7, 11) is 0. The number of nitrogens with one attached hydrogen (secondary N) is 2. The molecule has 4 aromatic rings. The van der Waals surface area contributed by atoms with Crippen LogP contribution in [0, 0.1) is 0 Å². The van der Waals surface area contributed by atoms with E-state index in [2.05, 4.69) is 16.0 Å². The Labute approximate surface area is 172 Å². The molecule has 1 aliphatic carbocycles. The maximum atomic E-state index is 13.6. The molecule has 0 unspecified atom stereocenters. The van der Waals surface area contributed by atoms with Crippen LogP contribution in [-0.4, -0.2) is 15.8 Å². The van der Waals surface area contributed by atoms with Crippen molar-refractivity contribution in [2.24, 2.45) is 0 Å². The van der Waals surface area contributed by atoms with Crippen LogP contribution in [0.1, 0.15) is 47.3 Å². The summed E-state index contributed by atoms with van der Waals surface area (Å²) in [5.74, 6) is -0.106. The highest BCUT2D eigenvalue weighted by Crippen LogP contribution is 2.36. The number of halogens is 1. The molecule has 0 saturated heterocycles. The van der Waals surface area contributed by atoms with Crippen LogP contribution in [0.4, 0.5) is 0 Å². The van der Waals surface area contributed by atoms with E-state index in [1.165, 1.54) is 0 Å². The second kappa shape index (κ2) is 7.05. The van der Waals surface area contributed by atoms with Gasteiger partial charge < -0.3 is 9.97 Å². The normalized spacial score (nSPS) is 14.3. The quantitative estimate of drug-likeness (QED) is 0.422. The van der Waals surface area contributed by atoms with Crippen LogP contribution in [-0.2, 0) is 0 Å². The molecule has 144 valence electrons. The summed E-state index contributed by atoms with van der Waals surface area (Å²) in [5, 5.41) is 2.13. The predicted molar refractivity (Wildman–Crippen MR) is 118 cm³/mol. The van der Waals surface area contributed by atoms with Gasteiger partial charge in [0, 0.05) is 26.9 Å². The lowest BCUT2D eigenvalue weighted by atomic mass is 9.91. The van der Waals surface area contributed by atoms with Crippen molar-refractivity contribution in [1.82, 2.24) is 9.97 Å². The monoisotopic (exact) mass is 402 g/mol. The number of ketones is 1. The van der Waals surface area contributed by atoms with E-state index in [-0.39, 0.29) is 11.3 Å². The minimum absolute atomic E-state index is 0.106. The van der Waals surface area contributed by atoms with Crippen molar-refractivity contribution in [2.45, 2.75) is 25.7 Å². The number of fused-ring (bicyclic) bond motifs is 3. The zero-order valence-corrected chi connectivity index (χ0v) is 16.5. The second-order valence-corrected chi connectivity index (χ2v) is 7.87. The van der Waals surface area contributed by atoms with Crippen LogP contribution in [0.5, 0.6) is 0 Å². The number of rotatable bonds is 3. The number of benzene rings is 2. The average Bonchev–Trinajstić information content (AvgIpc) is 3.16. The second-order valence-electron chi connectivity index (χ2n) is 7.44. The third-order valence-electron chi connectivity index (χ3n) is 5.62.